The molecule has 114 valence electrons. The standard InChI is InChI=1S/C16H21Si.3ClH.Ti/c1-13(2)15-11-8-12-16(15)17(3,4)14-9-6-5-7-10-14;;;;/h5-13H,1-4H3;3*1H;/q-1;;;;+4/p-3. The Labute approximate surface area is 163 Å². The average Bonchev–Trinajstić information content (AvgIpc) is 2.80. The third-order valence-corrected chi connectivity index (χ3v) is 7.22. The first-order valence-electron chi connectivity index (χ1n) is 6.35. The van der Waals surface area contributed by atoms with E-state index in [0.717, 1.165) is 0 Å². The molecule has 0 aliphatic rings. The zero-order valence-corrected chi connectivity index (χ0v) is 17.7. The fourth-order valence-electron chi connectivity index (χ4n) is 2.52. The molecule has 0 saturated heterocycles. The molecule has 0 aliphatic heterocycles. The molecule has 2 rings (SSSR count). The molecule has 0 aliphatic carbocycles. The van der Waals surface area contributed by atoms with Crippen LogP contribution in [0.2, 0.25) is 13.1 Å². The van der Waals surface area contributed by atoms with E-state index >= 15 is 0 Å². The van der Waals surface area contributed by atoms with Gasteiger partial charge in [0.15, 0.2) is 0 Å². The van der Waals surface area contributed by atoms with Gasteiger partial charge in [-0.05, 0) is 5.92 Å². The minimum absolute atomic E-state index is 0. The van der Waals surface area contributed by atoms with Gasteiger partial charge in [0.1, 0.15) is 0 Å². The van der Waals surface area contributed by atoms with E-state index in [4.69, 9.17) is 0 Å². The fraction of sp³-hybridized carbons (Fsp3) is 0.312. The zero-order valence-electron chi connectivity index (χ0n) is 12.8. The van der Waals surface area contributed by atoms with Crippen LogP contribution < -0.4 is 47.6 Å². The van der Waals surface area contributed by atoms with Crippen LogP contribution in [0.25, 0.3) is 0 Å². The molecule has 0 saturated carbocycles. The van der Waals surface area contributed by atoms with Gasteiger partial charge in [-0.25, -0.2) is 12.1 Å². The van der Waals surface area contributed by atoms with E-state index in [-0.39, 0.29) is 58.9 Å². The predicted molar refractivity (Wildman–Crippen MR) is 79.3 cm³/mol. The Morgan fingerprint density at radius 1 is 0.857 bits per heavy atom. The molecule has 21 heavy (non-hydrogen) atoms. The van der Waals surface area contributed by atoms with Gasteiger partial charge in [-0.2, -0.15) is 16.8 Å². The number of hydrogen-bond acceptors (Lipinski definition) is 0. The molecule has 0 fully saturated rings. The van der Waals surface area contributed by atoms with Crippen LogP contribution in [-0.2, 0) is 21.7 Å². The van der Waals surface area contributed by atoms with Crippen LogP contribution in [0.3, 0.4) is 0 Å². The molecule has 2 aromatic rings. The summed E-state index contributed by atoms with van der Waals surface area (Å²) >= 11 is 0. The number of halogens is 3. The van der Waals surface area contributed by atoms with Crippen LogP contribution in [0.1, 0.15) is 25.3 Å². The summed E-state index contributed by atoms with van der Waals surface area (Å²) in [7, 11) is -1.51. The summed E-state index contributed by atoms with van der Waals surface area (Å²) in [6, 6.07) is 17.8. The number of benzene rings is 1. The molecule has 0 spiro atoms. The number of rotatable bonds is 3. The SMILES string of the molecule is CC(C)c1ccc[c-]1[Si](C)(C)c1ccccc1.[Cl-].[Cl-].[Cl-].[Ti+4]. The van der Waals surface area contributed by atoms with Gasteiger partial charge in [0, 0.05) is 0 Å². The molecule has 0 amide bonds. The minimum Gasteiger partial charge on any atom is -1.00 e. The maximum Gasteiger partial charge on any atom is 4.00 e. The second-order valence-electron chi connectivity index (χ2n) is 5.54. The Morgan fingerprint density at radius 2 is 1.38 bits per heavy atom. The van der Waals surface area contributed by atoms with E-state index in [1.54, 1.807) is 5.19 Å². The fourth-order valence-corrected chi connectivity index (χ4v) is 5.46. The summed E-state index contributed by atoms with van der Waals surface area (Å²) in [5, 5.41) is 3.12. The predicted octanol–water partition coefficient (Wildman–Crippen LogP) is -5.64. The van der Waals surface area contributed by atoms with Crippen molar-refractivity contribution in [2.45, 2.75) is 32.9 Å². The van der Waals surface area contributed by atoms with Crippen LogP contribution in [0.15, 0.2) is 48.5 Å². The zero-order chi connectivity index (χ0) is 12.5. The van der Waals surface area contributed by atoms with Crippen molar-refractivity contribution in [3.8, 4) is 0 Å². The van der Waals surface area contributed by atoms with Crippen molar-refractivity contribution >= 4 is 18.4 Å². The average molecular weight is 396 g/mol. The maximum absolute atomic E-state index is 2.45. The molecule has 0 N–H and O–H groups in total. The van der Waals surface area contributed by atoms with Gasteiger partial charge in [-0.3, -0.25) is 0 Å². The maximum atomic E-state index is 2.45. The first-order chi connectivity index (χ1) is 8.03. The van der Waals surface area contributed by atoms with Gasteiger partial charge in [0.25, 0.3) is 0 Å². The van der Waals surface area contributed by atoms with Gasteiger partial charge in [-0.15, -0.1) is 0 Å². The molecule has 0 atom stereocenters. The third-order valence-electron chi connectivity index (χ3n) is 3.64. The second kappa shape index (κ2) is 11.0. The van der Waals surface area contributed by atoms with E-state index in [9.17, 15) is 0 Å². The van der Waals surface area contributed by atoms with Crippen LogP contribution in [0, 0.1) is 0 Å². The quantitative estimate of drug-likeness (QED) is 0.359. The van der Waals surface area contributed by atoms with Gasteiger partial charge >= 0.3 is 21.7 Å². The van der Waals surface area contributed by atoms with E-state index in [0.29, 0.717) is 5.92 Å². The van der Waals surface area contributed by atoms with Crippen molar-refractivity contribution in [3.63, 3.8) is 0 Å². The first-order valence-corrected chi connectivity index (χ1v) is 9.35. The van der Waals surface area contributed by atoms with Crippen LogP contribution in [-0.4, -0.2) is 8.07 Å². The summed E-state index contributed by atoms with van der Waals surface area (Å²) in [6.07, 6.45) is 0. The Kier molecular flexibility index (Phi) is 13.8. The van der Waals surface area contributed by atoms with E-state index in [1.807, 2.05) is 0 Å². The molecule has 5 heteroatoms. The van der Waals surface area contributed by atoms with E-state index in [2.05, 4.69) is 75.5 Å². The second-order valence-corrected chi connectivity index (χ2v) is 9.91. The minimum atomic E-state index is -1.51. The molecule has 0 heterocycles. The van der Waals surface area contributed by atoms with Crippen molar-refractivity contribution in [1.82, 2.24) is 0 Å². The largest absolute Gasteiger partial charge is 4.00 e. The molecular weight excluding hydrogens is 374 g/mol. The Morgan fingerprint density at radius 3 is 1.86 bits per heavy atom. The third kappa shape index (κ3) is 5.82. The molecule has 0 radical (unpaired) electrons. The summed E-state index contributed by atoms with van der Waals surface area (Å²) in [5.41, 5.74) is 1.53. The Bertz CT molecular complexity index is 495. The topological polar surface area (TPSA) is 0 Å². The first kappa shape index (κ1) is 26.3. The molecular formula is C16H21Cl3SiTi. The van der Waals surface area contributed by atoms with Crippen molar-refractivity contribution in [1.29, 1.82) is 0 Å². The van der Waals surface area contributed by atoms with Crippen molar-refractivity contribution in [3.05, 3.63) is 54.1 Å². The monoisotopic (exact) mass is 394 g/mol. The summed E-state index contributed by atoms with van der Waals surface area (Å²) in [5.74, 6) is 0.621. The van der Waals surface area contributed by atoms with E-state index < -0.39 is 8.07 Å². The van der Waals surface area contributed by atoms with Crippen LogP contribution >= 0.6 is 0 Å². The van der Waals surface area contributed by atoms with Crippen molar-refractivity contribution in [2.75, 3.05) is 0 Å². The van der Waals surface area contributed by atoms with Gasteiger partial charge in [0.2, 0.25) is 0 Å². The molecule has 0 aromatic heterocycles. The van der Waals surface area contributed by atoms with Crippen molar-refractivity contribution in [2.24, 2.45) is 0 Å². The van der Waals surface area contributed by atoms with Gasteiger partial charge < -0.3 is 37.2 Å². The van der Waals surface area contributed by atoms with Crippen LogP contribution in [0.4, 0.5) is 0 Å². The van der Waals surface area contributed by atoms with Crippen LogP contribution in [0.5, 0.6) is 0 Å². The Balaban J connectivity index is -0.000000810. The molecule has 2 aromatic carbocycles. The van der Waals surface area contributed by atoms with Gasteiger partial charge in [-0.1, -0.05) is 62.5 Å². The normalized spacial score (nSPS) is 9.76. The smallest absolute Gasteiger partial charge is 1.00 e. The number of hydrogen-bond donors (Lipinski definition) is 0. The van der Waals surface area contributed by atoms with E-state index in [1.165, 1.54) is 10.8 Å². The Hall–Kier alpha value is 0.371. The summed E-state index contributed by atoms with van der Waals surface area (Å²) < 4.78 is 0. The van der Waals surface area contributed by atoms with Gasteiger partial charge in [0.05, 0.1) is 8.07 Å². The molecule has 0 unspecified atom stereocenters. The molecule has 0 bridgehead atoms. The summed E-state index contributed by atoms with van der Waals surface area (Å²) in [6.45, 7) is 9.47. The molecule has 0 nitrogen and oxygen atoms in total. The van der Waals surface area contributed by atoms with Crippen molar-refractivity contribution < 1.29 is 58.9 Å². The summed E-state index contributed by atoms with van der Waals surface area (Å²) in [4.78, 5) is 0.